The molecule has 15 nitrogen and oxygen atoms in total. The fraction of sp³-hybridized carbons (Fsp3) is 0.0155. The largest absolute Gasteiger partial charge is 0.456 e. The molecule has 0 amide bonds. The summed E-state index contributed by atoms with van der Waals surface area (Å²) in [7, 11) is 0. The average molecular weight is 1850 g/mol. The zero-order valence-electron chi connectivity index (χ0n) is 77.0. The van der Waals surface area contributed by atoms with Crippen molar-refractivity contribution in [3.63, 3.8) is 0 Å². The fourth-order valence-corrected chi connectivity index (χ4v) is 20.9. The van der Waals surface area contributed by atoms with Crippen LogP contribution in [0.3, 0.4) is 0 Å². The van der Waals surface area contributed by atoms with E-state index in [1.807, 2.05) is 182 Å². The van der Waals surface area contributed by atoms with Gasteiger partial charge in [0, 0.05) is 126 Å². The van der Waals surface area contributed by atoms with E-state index in [1.165, 1.54) is 5.56 Å². The number of nitrogens with zero attached hydrogens (tertiary/aromatic N) is 9. The van der Waals surface area contributed by atoms with Gasteiger partial charge in [0.2, 0.25) is 17.1 Å². The molecule has 0 saturated heterocycles. The molecule has 17 aromatic carbocycles. The van der Waals surface area contributed by atoms with E-state index in [0.717, 1.165) is 273 Å². The van der Waals surface area contributed by atoms with Crippen LogP contribution in [0.4, 0.5) is 0 Å². The van der Waals surface area contributed by atoms with Gasteiger partial charge in [-0.1, -0.05) is 376 Å². The molecule has 0 spiro atoms. The van der Waals surface area contributed by atoms with Gasteiger partial charge in [-0.3, -0.25) is 0 Å². The van der Waals surface area contributed by atoms with E-state index in [0.29, 0.717) is 34.6 Å². The van der Waals surface area contributed by atoms with Gasteiger partial charge in [-0.2, -0.15) is 0 Å². The monoisotopic (exact) mass is 1850 g/mol. The zero-order valence-corrected chi connectivity index (χ0v) is 77.0. The first-order chi connectivity index (χ1) is 71.3. The molecule has 1 aliphatic carbocycles. The van der Waals surface area contributed by atoms with Crippen LogP contribution >= 0.6 is 0 Å². The van der Waals surface area contributed by atoms with Gasteiger partial charge < -0.3 is 26.5 Å². The highest BCUT2D eigenvalue weighted by molar-refractivity contribution is 6.23. The van der Waals surface area contributed by atoms with Gasteiger partial charge in [0.25, 0.3) is 0 Å². The number of allylic oxidation sites excluding steroid dienone is 1. The van der Waals surface area contributed by atoms with Crippen LogP contribution in [0.2, 0.25) is 0 Å². The number of furan rings is 6. The lowest BCUT2D eigenvalue weighted by Crippen LogP contribution is -2.04. The second kappa shape index (κ2) is 34.3. The molecular formula is C129H77N9O6. The smallest absolute Gasteiger partial charge is 0.228 e. The Labute approximate surface area is 821 Å². The Bertz CT molecular complexity index is 10200. The van der Waals surface area contributed by atoms with Crippen molar-refractivity contribution in [3.05, 3.63) is 460 Å². The number of aryl methyl sites for hydroxylation is 1. The maximum Gasteiger partial charge on any atom is 0.228 e. The van der Waals surface area contributed by atoms with Crippen LogP contribution in [0.15, 0.2) is 469 Å². The summed E-state index contributed by atoms with van der Waals surface area (Å²) in [5.74, 6) is 2.84. The summed E-state index contributed by atoms with van der Waals surface area (Å²) in [5, 5.41) is 18.4. The van der Waals surface area contributed by atoms with Gasteiger partial charge in [0.1, 0.15) is 50.4 Å². The number of aromatic nitrogens is 9. The second-order valence-corrected chi connectivity index (χ2v) is 36.2. The first-order valence-electron chi connectivity index (χ1n) is 48.1. The molecule has 674 valence electrons. The van der Waals surface area contributed by atoms with Crippen LogP contribution in [0.1, 0.15) is 23.6 Å². The van der Waals surface area contributed by atoms with E-state index in [2.05, 4.69) is 261 Å². The predicted molar refractivity (Wildman–Crippen MR) is 580 cm³/mol. The zero-order chi connectivity index (χ0) is 94.8. The highest BCUT2D eigenvalue weighted by atomic mass is 16.4. The quantitative estimate of drug-likeness (QED) is 0.112. The predicted octanol–water partition coefficient (Wildman–Crippen LogP) is 34.0. The molecule has 144 heavy (non-hydrogen) atoms. The Morgan fingerprint density at radius 1 is 0.181 bits per heavy atom. The average Bonchev–Trinajstić information content (AvgIpc) is 1.57. The number of hydrogen-bond donors (Lipinski definition) is 0. The Morgan fingerprint density at radius 3 is 0.938 bits per heavy atom. The van der Waals surface area contributed by atoms with Crippen LogP contribution in [0.5, 0.6) is 0 Å². The van der Waals surface area contributed by atoms with Crippen LogP contribution in [0.25, 0.3) is 283 Å². The normalized spacial score (nSPS) is 12.2. The van der Waals surface area contributed by atoms with Gasteiger partial charge >= 0.3 is 0 Å². The summed E-state index contributed by atoms with van der Waals surface area (Å²) in [6.07, 6.45) is 4.06. The third-order valence-electron chi connectivity index (χ3n) is 27.7. The van der Waals surface area contributed by atoms with E-state index in [4.69, 9.17) is 71.4 Å². The van der Waals surface area contributed by atoms with Crippen molar-refractivity contribution in [3.8, 4) is 124 Å². The van der Waals surface area contributed by atoms with Crippen molar-refractivity contribution < 1.29 is 26.5 Å². The summed E-state index contributed by atoms with van der Waals surface area (Å²) in [4.78, 5) is 45.9. The van der Waals surface area contributed by atoms with E-state index in [9.17, 15) is 0 Å². The van der Waals surface area contributed by atoms with Crippen LogP contribution in [0, 0.1) is 0 Å². The molecule has 0 saturated carbocycles. The summed E-state index contributed by atoms with van der Waals surface area (Å²) in [6, 6.07) is 149. The van der Waals surface area contributed by atoms with Crippen LogP contribution in [-0.4, -0.2) is 44.9 Å². The minimum absolute atomic E-state index is 0.640. The van der Waals surface area contributed by atoms with Crippen molar-refractivity contribution in [2.45, 2.75) is 12.8 Å². The van der Waals surface area contributed by atoms with Crippen molar-refractivity contribution in [2.75, 3.05) is 0 Å². The SMILES string of the molecule is C1=C(c2nc(-c3ccccc3)cc(-c3ccc(-c4nc5oc6ccccc6c5c5ccccc45)cc3)n2)c2oc3ccccc3c2CC1.c1ccc(-c2cc(-c3ccc(-c4nc5oc6ccccc6c5c5ccccc45)cc3)nc(-c3cccc4oc5ccccc5c34)n2)cc1.c1ccc(-c2nc(-c3ccc(-c4nc5oc6ccccc6c5c5ccccc45)cc3)cc(-c3cccc4c3oc3ccccc34)n2)cc1. The second-order valence-electron chi connectivity index (χ2n) is 36.2. The molecule has 29 aromatic rings. The Hall–Kier alpha value is -19.5. The van der Waals surface area contributed by atoms with Crippen molar-refractivity contribution in [1.82, 2.24) is 44.9 Å². The summed E-state index contributed by atoms with van der Waals surface area (Å²) < 4.78 is 37.8. The number of benzene rings is 17. The van der Waals surface area contributed by atoms with E-state index in [-0.39, 0.29) is 0 Å². The minimum Gasteiger partial charge on any atom is -0.456 e. The van der Waals surface area contributed by atoms with E-state index >= 15 is 0 Å². The first kappa shape index (κ1) is 82.7. The fourth-order valence-electron chi connectivity index (χ4n) is 20.9. The molecular weight excluding hydrogens is 1770 g/mol. The third kappa shape index (κ3) is 14.3. The maximum absolute atomic E-state index is 6.44. The van der Waals surface area contributed by atoms with Crippen LogP contribution < -0.4 is 0 Å². The molecule has 12 heterocycles. The first-order valence-corrected chi connectivity index (χ1v) is 48.1. The lowest BCUT2D eigenvalue weighted by Gasteiger charge is -2.14. The number of rotatable bonds is 12. The molecule has 0 radical (unpaired) electrons. The van der Waals surface area contributed by atoms with E-state index in [1.54, 1.807) is 0 Å². The number of pyridine rings is 3. The van der Waals surface area contributed by atoms with Gasteiger partial charge in [0.15, 0.2) is 17.5 Å². The van der Waals surface area contributed by atoms with Gasteiger partial charge in [0.05, 0.1) is 73.0 Å². The van der Waals surface area contributed by atoms with E-state index < -0.39 is 0 Å². The number of para-hydroxylation sites is 7. The molecule has 30 rings (SSSR count). The summed E-state index contributed by atoms with van der Waals surface area (Å²) >= 11 is 0. The molecule has 12 aromatic heterocycles. The van der Waals surface area contributed by atoms with Crippen molar-refractivity contribution in [2.24, 2.45) is 0 Å². The summed E-state index contributed by atoms with van der Waals surface area (Å²) in [6.45, 7) is 0. The molecule has 0 fully saturated rings. The lowest BCUT2D eigenvalue weighted by molar-refractivity contribution is 0.590. The molecule has 0 N–H and O–H groups in total. The van der Waals surface area contributed by atoms with Crippen molar-refractivity contribution >= 4 is 159 Å². The number of hydrogen-bond acceptors (Lipinski definition) is 15. The van der Waals surface area contributed by atoms with Crippen LogP contribution in [-0.2, 0) is 6.42 Å². The Morgan fingerprint density at radius 2 is 0.486 bits per heavy atom. The minimum atomic E-state index is 0.640. The topological polar surface area (TPSA) is 195 Å². The Balaban J connectivity index is 0.000000105. The lowest BCUT2D eigenvalue weighted by atomic mass is 9.94. The molecule has 15 heteroatoms. The van der Waals surface area contributed by atoms with Crippen molar-refractivity contribution in [1.29, 1.82) is 0 Å². The van der Waals surface area contributed by atoms with Gasteiger partial charge in [-0.25, -0.2) is 44.9 Å². The number of fused-ring (bicyclic) bond motifs is 24. The maximum atomic E-state index is 6.44. The standard InChI is InChI=1S/C43H25N3O2.C43H27N3O2.C43H25N3O2/c1-2-11-28(12-3-1)42-44-35(25-36(45-42)33-18-10-17-32-29-13-6-8-19-37(29)47-41(32)33)26-21-23-27(24-22-26)40-31-15-5-4-14-30(31)39-34-16-7-9-20-38(34)48-43(39)46-40;1-2-11-26(12-3-1)35-25-36(45-42(44-35)34-18-10-17-32-29-13-6-8-19-37(29)47-41(32)34)27-21-23-28(24-22-27)40-31-15-5-4-14-30(31)39-33-16-7-9-20-38(33)48-43(39)46-40;1-2-11-26(12-3-1)34-25-35(45-42(44-34)33-17-10-20-38-39(33)31-15-6-8-18-36(31)47-38)27-21-23-28(24-22-27)41-30-14-5-4-13-29(30)40-32-16-7-9-19-37(32)48-43(40)46-41/h1-25H;1-9,11-16,18-25H,10,17H2;1-25H. The Kier molecular flexibility index (Phi) is 19.7. The van der Waals surface area contributed by atoms with Gasteiger partial charge in [-0.05, 0) is 95.7 Å². The molecule has 0 unspecified atom stereocenters. The highest BCUT2D eigenvalue weighted by Gasteiger charge is 2.28. The molecule has 0 bridgehead atoms. The molecule has 0 aliphatic heterocycles. The molecule has 1 aliphatic rings. The van der Waals surface area contributed by atoms with Gasteiger partial charge in [-0.15, -0.1) is 0 Å². The third-order valence-corrected chi connectivity index (χ3v) is 27.7. The highest BCUT2D eigenvalue weighted by Crippen LogP contribution is 2.48. The summed E-state index contributed by atoms with van der Waals surface area (Å²) in [5.41, 5.74) is 29.4. The molecule has 0 atom stereocenters.